The van der Waals surface area contributed by atoms with E-state index in [4.69, 9.17) is 14.6 Å². The summed E-state index contributed by atoms with van der Waals surface area (Å²) in [6.07, 6.45) is 0.897. The molecule has 0 bridgehead atoms. The summed E-state index contributed by atoms with van der Waals surface area (Å²) >= 11 is 0. The predicted molar refractivity (Wildman–Crippen MR) is 91.7 cm³/mol. The summed E-state index contributed by atoms with van der Waals surface area (Å²) in [5.41, 5.74) is 0.419. The van der Waals surface area contributed by atoms with Gasteiger partial charge in [-0.1, -0.05) is 20.8 Å². The molecule has 1 unspecified atom stereocenters. The van der Waals surface area contributed by atoms with Gasteiger partial charge >= 0.3 is 5.97 Å². The van der Waals surface area contributed by atoms with E-state index in [0.717, 1.165) is 6.42 Å². The highest BCUT2D eigenvalue weighted by molar-refractivity contribution is 5.97. The lowest BCUT2D eigenvalue weighted by atomic mass is 10.1. The maximum absolute atomic E-state index is 12.4. The van der Waals surface area contributed by atoms with Crippen LogP contribution in [-0.4, -0.2) is 37.2 Å². The summed E-state index contributed by atoms with van der Waals surface area (Å²) in [6.45, 7) is 6.80. The number of carbonyl (C=O) groups excluding carboxylic acids is 1. The number of ether oxygens (including phenoxy) is 2. The molecule has 0 aliphatic rings. The molecule has 1 aromatic rings. The minimum atomic E-state index is -0.876. The van der Waals surface area contributed by atoms with Gasteiger partial charge in [0.25, 0.3) is 5.91 Å². The molecule has 0 saturated heterocycles. The van der Waals surface area contributed by atoms with E-state index >= 15 is 0 Å². The van der Waals surface area contributed by atoms with Gasteiger partial charge in [-0.25, -0.2) is 0 Å². The molecule has 0 saturated carbocycles. The summed E-state index contributed by atoms with van der Waals surface area (Å²) in [6, 6.07) is 5.04. The molecule has 0 spiro atoms. The molecule has 1 amide bonds. The number of hydrogen-bond donors (Lipinski definition) is 2. The van der Waals surface area contributed by atoms with E-state index in [1.807, 2.05) is 0 Å². The fraction of sp³-hybridized carbons (Fsp3) is 0.556. The lowest BCUT2D eigenvalue weighted by Gasteiger charge is -2.15. The number of aliphatic carboxylic acids is 1. The molecule has 0 aliphatic heterocycles. The van der Waals surface area contributed by atoms with Gasteiger partial charge < -0.3 is 19.9 Å². The molecular weight excluding hydrogens is 310 g/mol. The number of carbonyl (C=O) groups is 2. The van der Waals surface area contributed by atoms with Crippen LogP contribution < -0.4 is 14.8 Å². The van der Waals surface area contributed by atoms with Crippen molar-refractivity contribution in [2.75, 3.05) is 20.3 Å². The van der Waals surface area contributed by atoms with Crippen LogP contribution in [0, 0.1) is 11.8 Å². The largest absolute Gasteiger partial charge is 0.497 e. The minimum absolute atomic E-state index is 0.0145. The zero-order valence-electron chi connectivity index (χ0n) is 14.8. The van der Waals surface area contributed by atoms with Gasteiger partial charge in [0.15, 0.2) is 0 Å². The molecule has 6 nitrogen and oxygen atoms in total. The van der Waals surface area contributed by atoms with Gasteiger partial charge in [0.05, 0.1) is 19.3 Å². The van der Waals surface area contributed by atoms with Gasteiger partial charge in [-0.05, 0) is 30.4 Å². The number of carboxylic acid groups (broad SMARTS) is 1. The monoisotopic (exact) mass is 337 g/mol. The van der Waals surface area contributed by atoms with Gasteiger partial charge in [0.2, 0.25) is 0 Å². The minimum Gasteiger partial charge on any atom is -0.497 e. The molecule has 2 N–H and O–H groups in total. The van der Waals surface area contributed by atoms with Crippen molar-refractivity contribution in [3.63, 3.8) is 0 Å². The Kier molecular flexibility index (Phi) is 8.09. The van der Waals surface area contributed by atoms with E-state index < -0.39 is 5.97 Å². The fourth-order valence-electron chi connectivity index (χ4n) is 2.07. The van der Waals surface area contributed by atoms with Crippen molar-refractivity contribution in [2.24, 2.45) is 11.8 Å². The molecular formula is C18H27NO5. The number of carboxylic acids is 1. The normalized spacial score (nSPS) is 11.9. The highest BCUT2D eigenvalue weighted by atomic mass is 16.5. The zero-order valence-corrected chi connectivity index (χ0v) is 14.8. The average Bonchev–Trinajstić information content (AvgIpc) is 2.51. The highest BCUT2D eigenvalue weighted by Crippen LogP contribution is 2.25. The van der Waals surface area contributed by atoms with Crippen molar-refractivity contribution in [1.82, 2.24) is 5.32 Å². The van der Waals surface area contributed by atoms with Crippen molar-refractivity contribution in [3.8, 4) is 11.5 Å². The van der Waals surface area contributed by atoms with Crippen LogP contribution >= 0.6 is 0 Å². The first-order chi connectivity index (χ1) is 11.3. The first-order valence-electron chi connectivity index (χ1n) is 8.14. The van der Waals surface area contributed by atoms with Crippen molar-refractivity contribution in [1.29, 1.82) is 0 Å². The second-order valence-electron chi connectivity index (χ2n) is 6.31. The molecule has 0 heterocycles. The van der Waals surface area contributed by atoms with Crippen molar-refractivity contribution in [2.45, 2.75) is 33.6 Å². The summed E-state index contributed by atoms with van der Waals surface area (Å²) < 4.78 is 10.9. The van der Waals surface area contributed by atoms with Gasteiger partial charge in [-0.2, -0.15) is 0 Å². The molecule has 134 valence electrons. The molecule has 0 fully saturated rings. The summed E-state index contributed by atoms with van der Waals surface area (Å²) in [7, 11) is 1.56. The molecule has 1 aromatic carbocycles. The standard InChI is InChI=1S/C18H27NO5/c1-12(2)7-8-24-16-10-14(23-4)5-6-15(16)18(22)19-11-13(3)9-17(20)21/h5-6,10,12-13H,7-9,11H2,1-4H3,(H,19,22)(H,20,21). The zero-order chi connectivity index (χ0) is 18.1. The van der Waals surface area contributed by atoms with Crippen LogP contribution in [0.2, 0.25) is 0 Å². The van der Waals surface area contributed by atoms with Crippen LogP contribution in [0.4, 0.5) is 0 Å². The highest BCUT2D eigenvalue weighted by Gasteiger charge is 2.16. The second kappa shape index (κ2) is 9.80. The summed E-state index contributed by atoms with van der Waals surface area (Å²) in [4.78, 5) is 23.0. The number of methoxy groups -OCH3 is 1. The van der Waals surface area contributed by atoms with E-state index in [1.165, 1.54) is 0 Å². The Morgan fingerprint density at radius 1 is 1.25 bits per heavy atom. The van der Waals surface area contributed by atoms with Gasteiger partial charge in [-0.15, -0.1) is 0 Å². The Morgan fingerprint density at radius 2 is 1.96 bits per heavy atom. The Balaban J connectivity index is 2.76. The molecule has 0 aliphatic carbocycles. The molecule has 1 rings (SSSR count). The topological polar surface area (TPSA) is 84.9 Å². The quantitative estimate of drug-likeness (QED) is 0.685. The van der Waals surface area contributed by atoms with E-state index in [1.54, 1.807) is 32.2 Å². The number of hydrogen-bond acceptors (Lipinski definition) is 4. The van der Waals surface area contributed by atoms with Gasteiger partial charge in [0.1, 0.15) is 11.5 Å². The van der Waals surface area contributed by atoms with Crippen LogP contribution in [0.1, 0.15) is 44.0 Å². The Bertz CT molecular complexity index is 556. The van der Waals surface area contributed by atoms with Crippen LogP contribution in [0.5, 0.6) is 11.5 Å². The third-order valence-electron chi connectivity index (χ3n) is 3.52. The second-order valence-corrected chi connectivity index (χ2v) is 6.31. The van der Waals surface area contributed by atoms with Crippen molar-refractivity contribution < 1.29 is 24.2 Å². The first-order valence-corrected chi connectivity index (χ1v) is 8.14. The molecule has 24 heavy (non-hydrogen) atoms. The lowest BCUT2D eigenvalue weighted by molar-refractivity contribution is -0.137. The van der Waals surface area contributed by atoms with Crippen LogP contribution in [0.15, 0.2) is 18.2 Å². The smallest absolute Gasteiger partial charge is 0.303 e. The van der Waals surface area contributed by atoms with E-state index in [2.05, 4.69) is 19.2 Å². The third-order valence-corrected chi connectivity index (χ3v) is 3.52. The molecule has 0 aromatic heterocycles. The molecule has 1 atom stereocenters. The molecule has 6 heteroatoms. The fourth-order valence-corrected chi connectivity index (χ4v) is 2.07. The Labute approximate surface area is 143 Å². The van der Waals surface area contributed by atoms with E-state index in [9.17, 15) is 9.59 Å². The van der Waals surface area contributed by atoms with E-state index in [0.29, 0.717) is 36.1 Å². The van der Waals surface area contributed by atoms with Crippen LogP contribution in [0.25, 0.3) is 0 Å². The lowest BCUT2D eigenvalue weighted by Crippen LogP contribution is -2.29. The van der Waals surface area contributed by atoms with Crippen LogP contribution in [0.3, 0.4) is 0 Å². The number of benzene rings is 1. The first kappa shape index (κ1) is 19.8. The number of rotatable bonds is 10. The number of amides is 1. The number of nitrogens with one attached hydrogen (secondary N) is 1. The van der Waals surface area contributed by atoms with Crippen molar-refractivity contribution in [3.05, 3.63) is 23.8 Å². The van der Waals surface area contributed by atoms with Gasteiger partial charge in [0, 0.05) is 19.0 Å². The maximum Gasteiger partial charge on any atom is 0.303 e. The van der Waals surface area contributed by atoms with Crippen LogP contribution in [-0.2, 0) is 4.79 Å². The summed E-state index contributed by atoms with van der Waals surface area (Å²) in [5.74, 6) is 0.289. The predicted octanol–water partition coefficient (Wildman–Crippen LogP) is 2.96. The van der Waals surface area contributed by atoms with E-state index in [-0.39, 0.29) is 18.2 Å². The van der Waals surface area contributed by atoms with Crippen molar-refractivity contribution >= 4 is 11.9 Å². The third kappa shape index (κ3) is 6.89. The molecule has 0 radical (unpaired) electrons. The average molecular weight is 337 g/mol. The Morgan fingerprint density at radius 3 is 2.54 bits per heavy atom. The SMILES string of the molecule is COc1ccc(C(=O)NCC(C)CC(=O)O)c(OCCC(C)C)c1. The van der Waals surface area contributed by atoms with Gasteiger partial charge in [-0.3, -0.25) is 9.59 Å². The summed E-state index contributed by atoms with van der Waals surface area (Å²) in [5, 5.41) is 11.5. The Hall–Kier alpha value is -2.24. The maximum atomic E-state index is 12.4.